The number of carbonyl (C=O) groups is 1. The van der Waals surface area contributed by atoms with Crippen LogP contribution < -0.4 is 4.74 Å². The van der Waals surface area contributed by atoms with E-state index in [1.807, 2.05) is 39.0 Å². The number of rotatable bonds is 2. The van der Waals surface area contributed by atoms with Crippen LogP contribution >= 0.6 is 0 Å². The SMILES string of the molecule is COc1cccc2c(C3=CCN(C(=O)OC(C)(C)C)CC3)coc12. The van der Waals surface area contributed by atoms with Crippen LogP contribution in [0.4, 0.5) is 4.79 Å². The number of para-hydroxylation sites is 1. The summed E-state index contributed by atoms with van der Waals surface area (Å²) in [5.74, 6) is 0.727. The van der Waals surface area contributed by atoms with Gasteiger partial charge in [-0.2, -0.15) is 0 Å². The molecule has 2 aromatic rings. The Bertz CT molecular complexity index is 782. The molecule has 1 amide bonds. The van der Waals surface area contributed by atoms with Crippen molar-refractivity contribution in [3.63, 3.8) is 0 Å². The zero-order valence-corrected chi connectivity index (χ0v) is 14.6. The highest BCUT2D eigenvalue weighted by Gasteiger charge is 2.25. The van der Waals surface area contributed by atoms with E-state index in [0.29, 0.717) is 13.1 Å². The van der Waals surface area contributed by atoms with Crippen molar-refractivity contribution < 1.29 is 18.7 Å². The van der Waals surface area contributed by atoms with Gasteiger partial charge in [-0.05, 0) is 38.8 Å². The summed E-state index contributed by atoms with van der Waals surface area (Å²) in [4.78, 5) is 13.9. The van der Waals surface area contributed by atoms with Gasteiger partial charge in [0.1, 0.15) is 5.60 Å². The Balaban J connectivity index is 1.80. The molecule has 1 aliphatic rings. The van der Waals surface area contributed by atoms with Gasteiger partial charge in [-0.1, -0.05) is 18.2 Å². The number of methoxy groups -OCH3 is 1. The Kier molecular flexibility index (Phi) is 4.26. The molecule has 0 unspecified atom stereocenters. The van der Waals surface area contributed by atoms with E-state index in [0.717, 1.165) is 28.7 Å². The van der Waals surface area contributed by atoms with Crippen molar-refractivity contribution in [1.29, 1.82) is 0 Å². The molecule has 128 valence electrons. The number of furan rings is 1. The van der Waals surface area contributed by atoms with Gasteiger partial charge < -0.3 is 18.8 Å². The van der Waals surface area contributed by atoms with E-state index in [1.54, 1.807) is 18.3 Å². The van der Waals surface area contributed by atoms with Gasteiger partial charge in [-0.15, -0.1) is 0 Å². The highest BCUT2D eigenvalue weighted by atomic mass is 16.6. The average molecular weight is 329 g/mol. The normalized spacial score (nSPS) is 15.3. The fraction of sp³-hybridized carbons (Fsp3) is 0.421. The van der Waals surface area contributed by atoms with Crippen molar-refractivity contribution >= 4 is 22.6 Å². The second kappa shape index (κ2) is 6.23. The summed E-state index contributed by atoms with van der Waals surface area (Å²) in [5.41, 5.74) is 2.53. The molecule has 0 atom stereocenters. The standard InChI is InChI=1S/C19H23NO4/c1-19(2,3)24-18(21)20-10-8-13(9-11-20)15-12-23-17-14(15)6-5-7-16(17)22-4/h5-8,12H,9-11H2,1-4H3. The number of carbonyl (C=O) groups excluding carboxylic acids is 1. The summed E-state index contributed by atoms with van der Waals surface area (Å²) in [6.07, 6.45) is 4.33. The second-order valence-corrected chi connectivity index (χ2v) is 6.89. The zero-order chi connectivity index (χ0) is 17.3. The van der Waals surface area contributed by atoms with Crippen molar-refractivity contribution in [1.82, 2.24) is 4.90 Å². The first-order valence-corrected chi connectivity index (χ1v) is 8.10. The van der Waals surface area contributed by atoms with E-state index in [9.17, 15) is 4.79 Å². The number of nitrogens with zero attached hydrogens (tertiary/aromatic N) is 1. The number of hydrogen-bond acceptors (Lipinski definition) is 4. The Morgan fingerprint density at radius 1 is 1.29 bits per heavy atom. The molecule has 5 nitrogen and oxygen atoms in total. The minimum absolute atomic E-state index is 0.267. The van der Waals surface area contributed by atoms with Crippen LogP contribution in [0.25, 0.3) is 16.5 Å². The molecule has 1 aromatic heterocycles. The lowest BCUT2D eigenvalue weighted by Crippen LogP contribution is -2.39. The van der Waals surface area contributed by atoms with Crippen LogP contribution in [0.3, 0.4) is 0 Å². The molecule has 0 bridgehead atoms. The molecular weight excluding hydrogens is 306 g/mol. The average Bonchev–Trinajstić information content (AvgIpc) is 2.97. The number of ether oxygens (including phenoxy) is 2. The summed E-state index contributed by atoms with van der Waals surface area (Å²) in [6.45, 7) is 6.81. The maximum atomic E-state index is 12.1. The van der Waals surface area contributed by atoms with Gasteiger partial charge in [0.2, 0.25) is 0 Å². The molecule has 1 aromatic carbocycles. The van der Waals surface area contributed by atoms with Crippen molar-refractivity contribution in [2.45, 2.75) is 32.8 Å². The third-order valence-corrected chi connectivity index (χ3v) is 3.99. The van der Waals surface area contributed by atoms with Crippen molar-refractivity contribution in [2.75, 3.05) is 20.2 Å². The minimum Gasteiger partial charge on any atom is -0.493 e. The first kappa shape index (κ1) is 16.4. The van der Waals surface area contributed by atoms with Crippen molar-refractivity contribution in [3.05, 3.63) is 36.1 Å². The van der Waals surface area contributed by atoms with Gasteiger partial charge in [0.15, 0.2) is 11.3 Å². The highest BCUT2D eigenvalue weighted by molar-refractivity contribution is 5.94. The van der Waals surface area contributed by atoms with Crippen LogP contribution in [-0.2, 0) is 4.74 Å². The Labute approximate surface area is 141 Å². The molecule has 0 radical (unpaired) electrons. The van der Waals surface area contributed by atoms with Gasteiger partial charge in [0, 0.05) is 24.0 Å². The molecular formula is C19H23NO4. The van der Waals surface area contributed by atoms with Gasteiger partial charge >= 0.3 is 6.09 Å². The fourth-order valence-electron chi connectivity index (χ4n) is 2.85. The third-order valence-electron chi connectivity index (χ3n) is 3.99. The predicted molar refractivity (Wildman–Crippen MR) is 93.2 cm³/mol. The first-order valence-electron chi connectivity index (χ1n) is 8.10. The number of fused-ring (bicyclic) bond motifs is 1. The van der Waals surface area contributed by atoms with Crippen molar-refractivity contribution in [2.24, 2.45) is 0 Å². The molecule has 24 heavy (non-hydrogen) atoms. The fourth-order valence-corrected chi connectivity index (χ4v) is 2.85. The monoisotopic (exact) mass is 329 g/mol. The van der Waals surface area contributed by atoms with Crippen LogP contribution in [0, 0.1) is 0 Å². The molecule has 0 saturated heterocycles. The lowest BCUT2D eigenvalue weighted by molar-refractivity contribution is 0.0270. The molecule has 0 spiro atoms. The molecule has 0 saturated carbocycles. The molecule has 0 aliphatic carbocycles. The van der Waals surface area contributed by atoms with E-state index in [-0.39, 0.29) is 6.09 Å². The van der Waals surface area contributed by atoms with Gasteiger partial charge in [0.05, 0.1) is 13.4 Å². The van der Waals surface area contributed by atoms with Gasteiger partial charge in [0.25, 0.3) is 0 Å². The van der Waals surface area contributed by atoms with Crippen LogP contribution in [-0.4, -0.2) is 36.8 Å². The third kappa shape index (κ3) is 3.25. The number of amides is 1. The van der Waals surface area contributed by atoms with E-state index < -0.39 is 5.60 Å². The summed E-state index contributed by atoms with van der Waals surface area (Å²) in [7, 11) is 1.63. The maximum absolute atomic E-state index is 12.1. The molecule has 0 fully saturated rings. The highest BCUT2D eigenvalue weighted by Crippen LogP contribution is 2.35. The summed E-state index contributed by atoms with van der Waals surface area (Å²) < 4.78 is 16.5. The number of benzene rings is 1. The maximum Gasteiger partial charge on any atom is 0.410 e. The summed E-state index contributed by atoms with van der Waals surface area (Å²) in [5, 5.41) is 1.03. The van der Waals surface area contributed by atoms with Crippen LogP contribution in [0.1, 0.15) is 32.8 Å². The lowest BCUT2D eigenvalue weighted by Gasteiger charge is -2.29. The van der Waals surface area contributed by atoms with Crippen molar-refractivity contribution in [3.8, 4) is 5.75 Å². The van der Waals surface area contributed by atoms with E-state index in [4.69, 9.17) is 13.9 Å². The van der Waals surface area contributed by atoms with Crippen LogP contribution in [0.5, 0.6) is 5.75 Å². The molecule has 0 N–H and O–H groups in total. The Morgan fingerprint density at radius 3 is 2.71 bits per heavy atom. The molecule has 1 aliphatic heterocycles. The minimum atomic E-state index is -0.474. The van der Waals surface area contributed by atoms with Crippen LogP contribution in [0.15, 0.2) is 35.0 Å². The quantitative estimate of drug-likeness (QED) is 0.816. The molecule has 3 rings (SSSR count). The second-order valence-electron chi connectivity index (χ2n) is 6.89. The Morgan fingerprint density at radius 2 is 2.08 bits per heavy atom. The predicted octanol–water partition coefficient (Wildman–Crippen LogP) is 4.47. The van der Waals surface area contributed by atoms with Gasteiger partial charge in [-0.3, -0.25) is 0 Å². The zero-order valence-electron chi connectivity index (χ0n) is 14.6. The number of hydrogen-bond donors (Lipinski definition) is 0. The smallest absolute Gasteiger partial charge is 0.410 e. The van der Waals surface area contributed by atoms with E-state index in [1.165, 1.54) is 5.57 Å². The summed E-state index contributed by atoms with van der Waals surface area (Å²) >= 11 is 0. The van der Waals surface area contributed by atoms with E-state index in [2.05, 4.69) is 6.08 Å². The van der Waals surface area contributed by atoms with Crippen LogP contribution in [0.2, 0.25) is 0 Å². The largest absolute Gasteiger partial charge is 0.493 e. The van der Waals surface area contributed by atoms with E-state index >= 15 is 0 Å². The topological polar surface area (TPSA) is 51.9 Å². The van der Waals surface area contributed by atoms with Gasteiger partial charge in [-0.25, -0.2) is 4.79 Å². The Hall–Kier alpha value is -2.43. The molecule has 5 heteroatoms. The lowest BCUT2D eigenvalue weighted by atomic mass is 9.99. The first-order chi connectivity index (χ1) is 11.4. The molecule has 2 heterocycles. The summed E-state index contributed by atoms with van der Waals surface area (Å²) in [6, 6.07) is 5.86.